The van der Waals surface area contributed by atoms with Gasteiger partial charge in [0.25, 0.3) is 0 Å². The van der Waals surface area contributed by atoms with Gasteiger partial charge in [-0.3, -0.25) is 0 Å². The molecule has 0 heterocycles. The summed E-state index contributed by atoms with van der Waals surface area (Å²) in [5, 5.41) is 3.40. The Kier molecular flexibility index (Phi) is 5.19. The fourth-order valence-corrected chi connectivity index (χ4v) is 2.41. The van der Waals surface area contributed by atoms with Gasteiger partial charge < -0.3 is 10.1 Å². The van der Waals surface area contributed by atoms with Crippen LogP contribution >= 0.6 is 0 Å². The minimum atomic E-state index is 0.326. The molecule has 0 spiro atoms. The van der Waals surface area contributed by atoms with Crippen LogP contribution in [0.5, 0.6) is 5.75 Å². The molecule has 20 heavy (non-hydrogen) atoms. The molecule has 1 unspecified atom stereocenters. The number of aryl methyl sites for hydroxylation is 1. The van der Waals surface area contributed by atoms with Crippen molar-refractivity contribution in [1.29, 1.82) is 0 Å². The van der Waals surface area contributed by atoms with E-state index in [0.29, 0.717) is 12.6 Å². The number of likely N-dealkylation sites (N-methyl/N-ethyl adjacent to an activating group) is 1. The van der Waals surface area contributed by atoms with Crippen molar-refractivity contribution in [2.45, 2.75) is 26.3 Å². The largest absolute Gasteiger partial charge is 0.494 e. The van der Waals surface area contributed by atoms with Gasteiger partial charge >= 0.3 is 0 Å². The number of hydrogen-bond donors (Lipinski definition) is 1. The first-order chi connectivity index (χ1) is 9.74. The van der Waals surface area contributed by atoms with Crippen molar-refractivity contribution < 1.29 is 4.74 Å². The monoisotopic (exact) mass is 269 g/mol. The van der Waals surface area contributed by atoms with E-state index in [-0.39, 0.29) is 0 Å². The van der Waals surface area contributed by atoms with Gasteiger partial charge in [-0.05, 0) is 56.1 Å². The summed E-state index contributed by atoms with van der Waals surface area (Å²) in [5.74, 6) is 0.932. The molecule has 1 atom stereocenters. The van der Waals surface area contributed by atoms with E-state index in [1.54, 1.807) is 0 Å². The lowest BCUT2D eigenvalue weighted by molar-refractivity contribution is 0.340. The second kappa shape index (κ2) is 7.11. The minimum absolute atomic E-state index is 0.326. The Hall–Kier alpha value is -1.80. The van der Waals surface area contributed by atoms with E-state index in [1.165, 1.54) is 16.7 Å². The van der Waals surface area contributed by atoms with Crippen LogP contribution in [-0.4, -0.2) is 13.7 Å². The molecule has 2 nitrogen and oxygen atoms in total. The molecule has 0 amide bonds. The van der Waals surface area contributed by atoms with Gasteiger partial charge in [-0.25, -0.2) is 0 Å². The van der Waals surface area contributed by atoms with Gasteiger partial charge in [0, 0.05) is 6.04 Å². The molecule has 2 aromatic carbocycles. The van der Waals surface area contributed by atoms with Crippen LogP contribution in [0.2, 0.25) is 0 Å². The van der Waals surface area contributed by atoms with Gasteiger partial charge in [-0.15, -0.1) is 0 Å². The number of rotatable bonds is 6. The van der Waals surface area contributed by atoms with Crippen LogP contribution in [-0.2, 0) is 6.42 Å². The van der Waals surface area contributed by atoms with E-state index in [4.69, 9.17) is 4.74 Å². The van der Waals surface area contributed by atoms with E-state index in [9.17, 15) is 0 Å². The first-order valence-corrected chi connectivity index (χ1v) is 7.19. The average molecular weight is 269 g/mol. The molecule has 0 saturated carbocycles. The van der Waals surface area contributed by atoms with Crippen molar-refractivity contribution >= 4 is 0 Å². The molecule has 0 aliphatic rings. The zero-order valence-corrected chi connectivity index (χ0v) is 12.5. The third kappa shape index (κ3) is 3.61. The van der Waals surface area contributed by atoms with Gasteiger partial charge in [0.2, 0.25) is 0 Å². The molecule has 2 heteroatoms. The lowest BCUT2D eigenvalue weighted by atomic mass is 9.96. The van der Waals surface area contributed by atoms with Crippen LogP contribution in [0.15, 0.2) is 48.5 Å². The van der Waals surface area contributed by atoms with E-state index in [1.807, 2.05) is 26.1 Å². The molecule has 0 aliphatic heterocycles. The Morgan fingerprint density at radius 1 is 1.05 bits per heavy atom. The maximum absolute atomic E-state index is 5.49. The molecular formula is C18H23NO. The van der Waals surface area contributed by atoms with Crippen molar-refractivity contribution in [2.75, 3.05) is 13.7 Å². The van der Waals surface area contributed by atoms with Crippen molar-refractivity contribution in [3.63, 3.8) is 0 Å². The summed E-state index contributed by atoms with van der Waals surface area (Å²) in [5.41, 5.74) is 4.03. The lowest BCUT2D eigenvalue weighted by Crippen LogP contribution is -2.19. The van der Waals surface area contributed by atoms with Crippen LogP contribution in [0, 0.1) is 6.92 Å². The molecule has 106 valence electrons. The smallest absolute Gasteiger partial charge is 0.119 e. The highest BCUT2D eigenvalue weighted by Gasteiger charge is 2.11. The number of ether oxygens (including phenoxy) is 1. The quantitative estimate of drug-likeness (QED) is 0.859. The Balaban J connectivity index is 2.13. The fraction of sp³-hybridized carbons (Fsp3) is 0.333. The summed E-state index contributed by atoms with van der Waals surface area (Å²) in [4.78, 5) is 0. The maximum Gasteiger partial charge on any atom is 0.119 e. The summed E-state index contributed by atoms with van der Waals surface area (Å²) in [7, 11) is 2.01. The third-order valence-corrected chi connectivity index (χ3v) is 3.63. The summed E-state index contributed by atoms with van der Waals surface area (Å²) < 4.78 is 5.49. The van der Waals surface area contributed by atoms with Gasteiger partial charge in [0.15, 0.2) is 0 Å². The predicted molar refractivity (Wildman–Crippen MR) is 84.3 cm³/mol. The van der Waals surface area contributed by atoms with Gasteiger partial charge in [0.05, 0.1) is 6.61 Å². The summed E-state index contributed by atoms with van der Waals surface area (Å²) in [6.07, 6.45) is 0.997. The molecular weight excluding hydrogens is 246 g/mol. The van der Waals surface area contributed by atoms with E-state index < -0.39 is 0 Å². The molecule has 0 bridgehead atoms. The molecule has 1 N–H and O–H groups in total. The van der Waals surface area contributed by atoms with E-state index in [2.05, 4.69) is 48.6 Å². The summed E-state index contributed by atoms with van der Waals surface area (Å²) in [6.45, 7) is 4.88. The van der Waals surface area contributed by atoms with E-state index in [0.717, 1.165) is 12.2 Å². The highest BCUT2D eigenvalue weighted by Crippen LogP contribution is 2.22. The molecule has 0 fully saturated rings. The standard InChI is InChI=1S/C18H23NO/c1-4-20-17-11-9-15(10-12-17)18(19-3)13-16-8-6-5-7-14(16)2/h5-12,18-19H,4,13H2,1-3H3. The SMILES string of the molecule is CCOc1ccc(C(Cc2ccccc2C)NC)cc1. The van der Waals surface area contributed by atoms with Crippen LogP contribution < -0.4 is 10.1 Å². The zero-order chi connectivity index (χ0) is 14.4. The minimum Gasteiger partial charge on any atom is -0.494 e. The first-order valence-electron chi connectivity index (χ1n) is 7.19. The highest BCUT2D eigenvalue weighted by molar-refractivity contribution is 5.32. The van der Waals surface area contributed by atoms with Crippen LogP contribution in [0.25, 0.3) is 0 Å². The molecule has 0 aliphatic carbocycles. The second-order valence-electron chi connectivity index (χ2n) is 4.97. The molecule has 2 aromatic rings. The maximum atomic E-state index is 5.49. The lowest BCUT2D eigenvalue weighted by Gasteiger charge is -2.18. The topological polar surface area (TPSA) is 21.3 Å². The first kappa shape index (κ1) is 14.6. The Bertz CT molecular complexity index is 533. The Morgan fingerprint density at radius 2 is 1.75 bits per heavy atom. The van der Waals surface area contributed by atoms with Crippen molar-refractivity contribution in [3.8, 4) is 5.75 Å². The second-order valence-corrected chi connectivity index (χ2v) is 4.97. The molecule has 0 saturated heterocycles. The molecule has 0 radical (unpaired) electrons. The summed E-state index contributed by atoms with van der Waals surface area (Å²) in [6, 6.07) is 17.3. The molecule has 2 rings (SSSR count). The van der Waals surface area contributed by atoms with Gasteiger partial charge in [-0.2, -0.15) is 0 Å². The van der Waals surface area contributed by atoms with Gasteiger partial charge in [-0.1, -0.05) is 36.4 Å². The normalized spacial score (nSPS) is 12.2. The Morgan fingerprint density at radius 3 is 2.35 bits per heavy atom. The van der Waals surface area contributed by atoms with Crippen molar-refractivity contribution in [2.24, 2.45) is 0 Å². The van der Waals surface area contributed by atoms with Crippen molar-refractivity contribution in [1.82, 2.24) is 5.32 Å². The van der Waals surface area contributed by atoms with Crippen LogP contribution in [0.1, 0.15) is 29.7 Å². The number of benzene rings is 2. The number of nitrogens with one attached hydrogen (secondary N) is 1. The third-order valence-electron chi connectivity index (χ3n) is 3.63. The summed E-state index contributed by atoms with van der Waals surface area (Å²) >= 11 is 0. The average Bonchev–Trinajstić information content (AvgIpc) is 2.48. The predicted octanol–water partition coefficient (Wildman–Crippen LogP) is 3.90. The Labute approximate surface area is 121 Å². The van der Waals surface area contributed by atoms with E-state index >= 15 is 0 Å². The zero-order valence-electron chi connectivity index (χ0n) is 12.5. The van der Waals surface area contributed by atoms with Gasteiger partial charge in [0.1, 0.15) is 5.75 Å². The fourth-order valence-electron chi connectivity index (χ4n) is 2.41. The van der Waals surface area contributed by atoms with Crippen molar-refractivity contribution in [3.05, 3.63) is 65.2 Å². The highest BCUT2D eigenvalue weighted by atomic mass is 16.5. The van der Waals surface area contributed by atoms with Crippen LogP contribution in [0.4, 0.5) is 0 Å². The van der Waals surface area contributed by atoms with Crippen LogP contribution in [0.3, 0.4) is 0 Å². The number of hydrogen-bond acceptors (Lipinski definition) is 2. The molecule has 0 aromatic heterocycles.